The van der Waals surface area contributed by atoms with Crippen LogP contribution in [0, 0.1) is 0 Å². The molecule has 0 bridgehead atoms. The highest BCUT2D eigenvalue weighted by atomic mass is 79.9. The lowest BCUT2D eigenvalue weighted by Crippen LogP contribution is -2.40. The van der Waals surface area contributed by atoms with E-state index in [0.29, 0.717) is 12.1 Å². The molecule has 1 aromatic carbocycles. The lowest BCUT2D eigenvalue weighted by molar-refractivity contribution is -0.139. The van der Waals surface area contributed by atoms with Crippen LogP contribution in [0.5, 0.6) is 0 Å². The van der Waals surface area contributed by atoms with Gasteiger partial charge in [0.05, 0.1) is 6.54 Å². The van der Waals surface area contributed by atoms with E-state index in [0.717, 1.165) is 9.35 Å². The second-order valence-electron chi connectivity index (χ2n) is 4.24. The third kappa shape index (κ3) is 4.57. The van der Waals surface area contributed by atoms with E-state index in [1.165, 1.54) is 11.3 Å². The number of halogens is 1. The molecule has 0 saturated carbocycles. The largest absolute Gasteiger partial charge is 0.479 e. The molecule has 2 aromatic rings. The maximum absolute atomic E-state index is 11.8. The molecular weight excluding hydrogens is 356 g/mol. The van der Waals surface area contributed by atoms with Crippen LogP contribution >= 0.6 is 27.3 Å². The first-order valence-corrected chi connectivity index (χ1v) is 7.78. The Bertz CT molecular complexity index is 630. The number of hydrogen-bond donors (Lipinski definition) is 3. The van der Waals surface area contributed by atoms with Gasteiger partial charge < -0.3 is 15.7 Å². The number of thiophene rings is 1. The van der Waals surface area contributed by atoms with Gasteiger partial charge >= 0.3 is 12.0 Å². The van der Waals surface area contributed by atoms with Crippen molar-refractivity contribution in [2.45, 2.75) is 12.6 Å². The number of benzene rings is 1. The van der Waals surface area contributed by atoms with E-state index in [-0.39, 0.29) is 0 Å². The SMILES string of the molecule is O=C(NCc1cc(Br)cs1)N[C@H](C(=O)O)c1ccccc1. The summed E-state index contributed by atoms with van der Waals surface area (Å²) in [7, 11) is 0. The average molecular weight is 369 g/mol. The fraction of sp³-hybridized carbons (Fsp3) is 0.143. The molecule has 110 valence electrons. The molecule has 21 heavy (non-hydrogen) atoms. The molecule has 0 aliphatic carbocycles. The summed E-state index contributed by atoms with van der Waals surface area (Å²) in [6.45, 7) is 0.350. The number of nitrogens with one attached hydrogen (secondary N) is 2. The zero-order valence-corrected chi connectivity index (χ0v) is 13.3. The number of carboxylic acid groups (broad SMARTS) is 1. The lowest BCUT2D eigenvalue weighted by Gasteiger charge is -2.15. The summed E-state index contributed by atoms with van der Waals surface area (Å²) >= 11 is 4.84. The normalized spacial score (nSPS) is 11.7. The number of rotatable bonds is 5. The molecule has 0 aliphatic heterocycles. The fourth-order valence-electron chi connectivity index (χ4n) is 1.73. The van der Waals surface area contributed by atoms with Crippen LogP contribution in [0.4, 0.5) is 4.79 Å². The number of hydrogen-bond acceptors (Lipinski definition) is 3. The lowest BCUT2D eigenvalue weighted by atomic mass is 10.1. The number of aliphatic carboxylic acids is 1. The molecule has 0 fully saturated rings. The molecule has 2 amide bonds. The van der Waals surface area contributed by atoms with Crippen molar-refractivity contribution in [3.63, 3.8) is 0 Å². The van der Waals surface area contributed by atoms with Gasteiger partial charge in [0.25, 0.3) is 0 Å². The van der Waals surface area contributed by atoms with Crippen molar-refractivity contribution < 1.29 is 14.7 Å². The van der Waals surface area contributed by atoms with Gasteiger partial charge in [-0.1, -0.05) is 30.3 Å². The Balaban J connectivity index is 1.94. The third-order valence-electron chi connectivity index (χ3n) is 2.70. The first-order chi connectivity index (χ1) is 10.1. The number of carboxylic acids is 1. The number of amides is 2. The number of carbonyl (C=O) groups is 2. The first-order valence-electron chi connectivity index (χ1n) is 6.11. The monoisotopic (exact) mass is 368 g/mol. The number of urea groups is 1. The molecule has 1 aromatic heterocycles. The zero-order chi connectivity index (χ0) is 15.2. The minimum atomic E-state index is -1.10. The van der Waals surface area contributed by atoms with Crippen molar-refractivity contribution >= 4 is 39.3 Å². The maximum atomic E-state index is 11.8. The van der Waals surface area contributed by atoms with Crippen LogP contribution in [0.15, 0.2) is 46.3 Å². The molecule has 0 unspecified atom stereocenters. The van der Waals surface area contributed by atoms with E-state index < -0.39 is 18.0 Å². The third-order valence-corrected chi connectivity index (χ3v) is 4.40. The van der Waals surface area contributed by atoms with Crippen LogP contribution in [-0.2, 0) is 11.3 Å². The Kier molecular flexibility index (Phi) is 5.35. The summed E-state index contributed by atoms with van der Waals surface area (Å²) in [4.78, 5) is 24.1. The van der Waals surface area contributed by atoms with Gasteiger partial charge in [-0.05, 0) is 27.6 Å². The molecule has 5 nitrogen and oxygen atoms in total. The van der Waals surface area contributed by atoms with Gasteiger partial charge in [0.15, 0.2) is 6.04 Å². The van der Waals surface area contributed by atoms with Crippen LogP contribution < -0.4 is 10.6 Å². The van der Waals surface area contributed by atoms with Crippen molar-refractivity contribution in [2.24, 2.45) is 0 Å². The first kappa shape index (κ1) is 15.5. The van der Waals surface area contributed by atoms with Crippen molar-refractivity contribution in [1.29, 1.82) is 0 Å². The molecule has 0 radical (unpaired) electrons. The minimum absolute atomic E-state index is 0.350. The van der Waals surface area contributed by atoms with Crippen LogP contribution in [0.3, 0.4) is 0 Å². The molecule has 0 saturated heterocycles. The maximum Gasteiger partial charge on any atom is 0.330 e. The van der Waals surface area contributed by atoms with E-state index in [9.17, 15) is 14.7 Å². The molecular formula is C14H13BrN2O3S. The van der Waals surface area contributed by atoms with Gasteiger partial charge in [0, 0.05) is 14.7 Å². The van der Waals surface area contributed by atoms with E-state index >= 15 is 0 Å². The van der Waals surface area contributed by atoms with Crippen LogP contribution in [0.25, 0.3) is 0 Å². The molecule has 0 spiro atoms. The second kappa shape index (κ2) is 7.24. The Morgan fingerprint density at radius 2 is 2.00 bits per heavy atom. The second-order valence-corrected chi connectivity index (χ2v) is 6.15. The summed E-state index contributed by atoms with van der Waals surface area (Å²) in [5, 5.41) is 16.2. The molecule has 1 atom stereocenters. The van der Waals surface area contributed by atoms with E-state index in [1.807, 2.05) is 11.4 Å². The predicted molar refractivity (Wildman–Crippen MR) is 84.2 cm³/mol. The van der Waals surface area contributed by atoms with E-state index in [2.05, 4.69) is 26.6 Å². The Morgan fingerprint density at radius 3 is 2.57 bits per heavy atom. The Morgan fingerprint density at radius 1 is 1.29 bits per heavy atom. The smallest absolute Gasteiger partial charge is 0.330 e. The fourth-order valence-corrected chi connectivity index (χ4v) is 3.12. The zero-order valence-electron chi connectivity index (χ0n) is 10.9. The molecule has 2 rings (SSSR count). The van der Waals surface area contributed by atoms with Gasteiger partial charge in [-0.2, -0.15) is 0 Å². The van der Waals surface area contributed by atoms with Crippen molar-refractivity contribution in [3.8, 4) is 0 Å². The van der Waals surface area contributed by atoms with Gasteiger partial charge in [-0.25, -0.2) is 9.59 Å². The molecule has 1 heterocycles. The Labute approximate surface area is 134 Å². The highest BCUT2D eigenvalue weighted by molar-refractivity contribution is 9.10. The quantitative estimate of drug-likeness (QED) is 0.758. The molecule has 0 aliphatic rings. The summed E-state index contributed by atoms with van der Waals surface area (Å²) < 4.78 is 0.956. The van der Waals surface area contributed by atoms with E-state index in [1.54, 1.807) is 30.3 Å². The highest BCUT2D eigenvalue weighted by Gasteiger charge is 2.21. The van der Waals surface area contributed by atoms with Gasteiger partial charge in [0.2, 0.25) is 0 Å². The topological polar surface area (TPSA) is 78.4 Å². The Hall–Kier alpha value is -1.86. The predicted octanol–water partition coefficient (Wildman–Crippen LogP) is 3.14. The van der Waals surface area contributed by atoms with Crippen molar-refractivity contribution in [3.05, 3.63) is 56.7 Å². The van der Waals surface area contributed by atoms with E-state index in [4.69, 9.17) is 0 Å². The summed E-state index contributed by atoms with van der Waals surface area (Å²) in [5.74, 6) is -1.10. The molecule has 7 heteroatoms. The summed E-state index contributed by atoms with van der Waals surface area (Å²) in [6, 6.07) is 8.89. The summed E-state index contributed by atoms with van der Waals surface area (Å²) in [5.41, 5.74) is 0.527. The van der Waals surface area contributed by atoms with Crippen LogP contribution in [0.2, 0.25) is 0 Å². The standard InChI is InChI=1S/C14H13BrN2O3S/c15-10-6-11(21-8-10)7-16-14(20)17-12(13(18)19)9-4-2-1-3-5-9/h1-6,8,12H,7H2,(H,18,19)(H2,16,17,20)/t12-/m0/s1. The van der Waals surface area contributed by atoms with Crippen molar-refractivity contribution in [2.75, 3.05) is 0 Å². The highest BCUT2D eigenvalue weighted by Crippen LogP contribution is 2.19. The van der Waals surface area contributed by atoms with Crippen molar-refractivity contribution in [1.82, 2.24) is 10.6 Å². The average Bonchev–Trinajstić information content (AvgIpc) is 2.89. The van der Waals surface area contributed by atoms with Gasteiger partial charge in [-0.3, -0.25) is 0 Å². The van der Waals surface area contributed by atoms with Crippen LogP contribution in [-0.4, -0.2) is 17.1 Å². The van der Waals surface area contributed by atoms with Gasteiger partial charge in [-0.15, -0.1) is 11.3 Å². The van der Waals surface area contributed by atoms with Gasteiger partial charge in [0.1, 0.15) is 0 Å². The summed E-state index contributed by atoms with van der Waals surface area (Å²) in [6.07, 6.45) is 0. The minimum Gasteiger partial charge on any atom is -0.479 e. The van der Waals surface area contributed by atoms with Crippen LogP contribution in [0.1, 0.15) is 16.5 Å². The molecule has 3 N–H and O–H groups in total. The number of carbonyl (C=O) groups excluding carboxylic acids is 1.